The zero-order chi connectivity index (χ0) is 22.3. The van der Waals surface area contributed by atoms with E-state index in [2.05, 4.69) is 15.3 Å². The molecule has 0 saturated heterocycles. The molecule has 0 spiro atoms. The molecule has 6 nitrogen and oxygen atoms in total. The van der Waals surface area contributed by atoms with Gasteiger partial charge in [0.2, 0.25) is 0 Å². The number of phenolic OH excluding ortho intramolecular Hbond substituents is 1. The highest BCUT2D eigenvalue weighted by Gasteiger charge is 2.22. The van der Waals surface area contributed by atoms with Crippen LogP contribution in [0.25, 0.3) is 28.0 Å². The summed E-state index contributed by atoms with van der Waals surface area (Å²) in [5.41, 5.74) is 0.119. The highest BCUT2D eigenvalue weighted by molar-refractivity contribution is 5.90. The maximum absolute atomic E-state index is 15.0. The van der Waals surface area contributed by atoms with Crippen LogP contribution in [0.5, 0.6) is 5.75 Å². The van der Waals surface area contributed by atoms with E-state index in [1.54, 1.807) is 19.2 Å². The molecule has 2 heterocycles. The van der Waals surface area contributed by atoms with Crippen molar-refractivity contribution >= 4 is 16.9 Å². The van der Waals surface area contributed by atoms with Gasteiger partial charge in [-0.3, -0.25) is 0 Å². The molecule has 2 N–H and O–H groups in total. The monoisotopic (exact) mass is 422 g/mol. The van der Waals surface area contributed by atoms with Crippen molar-refractivity contribution in [2.75, 3.05) is 12.4 Å². The van der Waals surface area contributed by atoms with Crippen LogP contribution in [0.2, 0.25) is 0 Å². The van der Waals surface area contributed by atoms with Gasteiger partial charge in [0.1, 0.15) is 23.1 Å². The van der Waals surface area contributed by atoms with E-state index in [1.807, 2.05) is 26.0 Å². The van der Waals surface area contributed by atoms with Crippen molar-refractivity contribution in [1.29, 1.82) is 0 Å². The molecule has 0 aliphatic heterocycles. The number of anilines is 1. The minimum atomic E-state index is -0.853. The molecule has 0 atom stereocenters. The summed E-state index contributed by atoms with van der Waals surface area (Å²) in [5, 5.41) is 13.2. The van der Waals surface area contributed by atoms with Gasteiger partial charge >= 0.3 is 5.69 Å². The van der Waals surface area contributed by atoms with E-state index < -0.39 is 28.8 Å². The number of benzene rings is 2. The summed E-state index contributed by atoms with van der Waals surface area (Å²) < 4.78 is 30.8. The summed E-state index contributed by atoms with van der Waals surface area (Å²) in [6, 6.07) is 12.1. The highest BCUT2D eigenvalue weighted by atomic mass is 19.1. The average Bonchev–Trinajstić information content (AvgIpc) is 2.73. The molecule has 2 aromatic heterocycles. The molecule has 0 radical (unpaired) electrons. The smallest absolute Gasteiger partial charge is 0.355 e. The van der Waals surface area contributed by atoms with Crippen molar-refractivity contribution in [1.82, 2.24) is 14.5 Å². The number of pyridine rings is 1. The Kier molecular flexibility index (Phi) is 5.14. The Hall–Kier alpha value is -3.81. The summed E-state index contributed by atoms with van der Waals surface area (Å²) in [5.74, 6) is -1.91. The number of rotatable bonds is 4. The summed E-state index contributed by atoms with van der Waals surface area (Å²) >= 11 is 0. The Morgan fingerprint density at radius 1 is 1.03 bits per heavy atom. The van der Waals surface area contributed by atoms with Crippen molar-refractivity contribution < 1.29 is 13.9 Å². The molecule has 0 unspecified atom stereocenters. The van der Waals surface area contributed by atoms with Crippen LogP contribution in [0.3, 0.4) is 0 Å². The first-order chi connectivity index (χ1) is 14.8. The first-order valence-electron chi connectivity index (χ1n) is 9.71. The number of phenols is 1. The van der Waals surface area contributed by atoms with Gasteiger partial charge in [-0.05, 0) is 35.7 Å². The van der Waals surface area contributed by atoms with Crippen molar-refractivity contribution in [3.05, 3.63) is 76.2 Å². The number of fused-ring (bicyclic) bond motifs is 1. The molecule has 8 heteroatoms. The number of hydrogen-bond acceptors (Lipinski definition) is 5. The maximum atomic E-state index is 15.0. The van der Waals surface area contributed by atoms with Gasteiger partial charge in [-0.25, -0.2) is 23.1 Å². The third kappa shape index (κ3) is 3.39. The second kappa shape index (κ2) is 7.79. The Balaban J connectivity index is 2.16. The Morgan fingerprint density at radius 3 is 2.45 bits per heavy atom. The van der Waals surface area contributed by atoms with Gasteiger partial charge in [-0.1, -0.05) is 38.1 Å². The molecule has 2 aromatic carbocycles. The standard InChI is InChI=1S/C23H20F2N4O2/c1-12(2)13-7-4-5-9-17(13)29-22-14(21(26-3)28-23(29)31)11-16(25)20(27-22)19-15(24)8-6-10-18(19)30/h4-12,30H,1-3H3,(H,26,28,31). The van der Waals surface area contributed by atoms with Crippen LogP contribution in [-0.4, -0.2) is 26.7 Å². The summed E-state index contributed by atoms with van der Waals surface area (Å²) in [6.45, 7) is 3.97. The average molecular weight is 422 g/mol. The van der Waals surface area contributed by atoms with Crippen LogP contribution in [0, 0.1) is 11.6 Å². The van der Waals surface area contributed by atoms with Crippen molar-refractivity contribution in [2.45, 2.75) is 19.8 Å². The molecular weight excluding hydrogens is 402 g/mol. The Labute approximate surface area is 176 Å². The number of nitrogens with zero attached hydrogens (tertiary/aromatic N) is 3. The van der Waals surface area contributed by atoms with E-state index in [1.165, 1.54) is 16.7 Å². The number of nitrogens with one attached hydrogen (secondary N) is 1. The molecule has 0 saturated carbocycles. The fourth-order valence-corrected chi connectivity index (χ4v) is 3.63. The van der Waals surface area contributed by atoms with E-state index in [-0.39, 0.29) is 28.3 Å². The summed E-state index contributed by atoms with van der Waals surface area (Å²) in [7, 11) is 1.56. The van der Waals surface area contributed by atoms with E-state index >= 15 is 4.39 Å². The second-order valence-electron chi connectivity index (χ2n) is 7.37. The van der Waals surface area contributed by atoms with E-state index in [0.29, 0.717) is 5.69 Å². The quantitative estimate of drug-likeness (QED) is 0.503. The van der Waals surface area contributed by atoms with Gasteiger partial charge in [0.15, 0.2) is 11.5 Å². The van der Waals surface area contributed by atoms with Crippen LogP contribution in [0.4, 0.5) is 14.6 Å². The molecule has 0 aliphatic rings. The zero-order valence-electron chi connectivity index (χ0n) is 17.1. The number of hydrogen-bond donors (Lipinski definition) is 2. The fourth-order valence-electron chi connectivity index (χ4n) is 3.63. The third-order valence-electron chi connectivity index (χ3n) is 5.09. The number of para-hydroxylation sites is 1. The van der Waals surface area contributed by atoms with Gasteiger partial charge < -0.3 is 10.4 Å². The van der Waals surface area contributed by atoms with Crippen LogP contribution in [0.1, 0.15) is 25.3 Å². The molecule has 0 fully saturated rings. The largest absolute Gasteiger partial charge is 0.507 e. The lowest BCUT2D eigenvalue weighted by Crippen LogP contribution is -2.25. The topological polar surface area (TPSA) is 80.0 Å². The lowest BCUT2D eigenvalue weighted by atomic mass is 10.0. The molecule has 31 heavy (non-hydrogen) atoms. The van der Waals surface area contributed by atoms with E-state index in [4.69, 9.17) is 0 Å². The van der Waals surface area contributed by atoms with Gasteiger partial charge in [0.05, 0.1) is 16.6 Å². The molecule has 4 aromatic rings. The van der Waals surface area contributed by atoms with Crippen molar-refractivity contribution in [3.8, 4) is 22.7 Å². The van der Waals surface area contributed by atoms with Crippen LogP contribution < -0.4 is 11.0 Å². The lowest BCUT2D eigenvalue weighted by molar-refractivity contribution is 0.470. The van der Waals surface area contributed by atoms with Gasteiger partial charge in [-0.15, -0.1) is 0 Å². The number of halogens is 2. The minimum absolute atomic E-state index is 0.0812. The molecule has 0 bridgehead atoms. The molecule has 0 amide bonds. The first kappa shape index (κ1) is 20.5. The predicted octanol–water partition coefficient (Wildman–Crippen LogP) is 4.60. The molecular formula is C23H20F2N4O2. The van der Waals surface area contributed by atoms with E-state index in [9.17, 15) is 14.3 Å². The highest BCUT2D eigenvalue weighted by Crippen LogP contribution is 2.35. The van der Waals surface area contributed by atoms with Gasteiger partial charge in [-0.2, -0.15) is 4.98 Å². The van der Waals surface area contributed by atoms with Crippen molar-refractivity contribution in [3.63, 3.8) is 0 Å². The fraction of sp³-hybridized carbons (Fsp3) is 0.174. The molecule has 4 rings (SSSR count). The predicted molar refractivity (Wildman–Crippen MR) is 116 cm³/mol. The second-order valence-corrected chi connectivity index (χ2v) is 7.37. The zero-order valence-corrected chi connectivity index (χ0v) is 17.1. The Morgan fingerprint density at radius 2 is 1.77 bits per heavy atom. The molecule has 158 valence electrons. The van der Waals surface area contributed by atoms with Crippen LogP contribution in [-0.2, 0) is 0 Å². The number of aromatic nitrogens is 3. The summed E-state index contributed by atoms with van der Waals surface area (Å²) in [6.07, 6.45) is 0. The number of aromatic hydroxyl groups is 1. The Bertz CT molecular complexity index is 1350. The van der Waals surface area contributed by atoms with Gasteiger partial charge in [0.25, 0.3) is 0 Å². The lowest BCUT2D eigenvalue weighted by Gasteiger charge is -2.18. The van der Waals surface area contributed by atoms with Crippen molar-refractivity contribution in [2.24, 2.45) is 0 Å². The van der Waals surface area contributed by atoms with Crippen LogP contribution in [0.15, 0.2) is 53.3 Å². The van der Waals surface area contributed by atoms with Crippen LogP contribution >= 0.6 is 0 Å². The first-order valence-corrected chi connectivity index (χ1v) is 9.71. The normalized spacial score (nSPS) is 11.3. The SMILES string of the molecule is CNc1nc(=O)n(-c2ccccc2C(C)C)c2nc(-c3c(O)cccc3F)c(F)cc12. The van der Waals surface area contributed by atoms with Gasteiger partial charge in [0, 0.05) is 7.05 Å². The maximum Gasteiger partial charge on any atom is 0.355 e. The van der Waals surface area contributed by atoms with E-state index in [0.717, 1.165) is 17.7 Å². The summed E-state index contributed by atoms with van der Waals surface area (Å²) in [4.78, 5) is 21.4. The molecule has 0 aliphatic carbocycles. The minimum Gasteiger partial charge on any atom is -0.507 e. The third-order valence-corrected chi connectivity index (χ3v) is 5.09.